The van der Waals surface area contributed by atoms with Crippen LogP contribution >= 0.6 is 0 Å². The highest BCUT2D eigenvalue weighted by Crippen LogP contribution is 2.30. The lowest BCUT2D eigenvalue weighted by Crippen LogP contribution is -2.11. The third-order valence-electron chi connectivity index (χ3n) is 2.51. The zero-order valence-corrected chi connectivity index (χ0v) is 11.7. The lowest BCUT2D eigenvalue weighted by atomic mass is 10.2. The van der Waals surface area contributed by atoms with Crippen molar-refractivity contribution in [2.75, 3.05) is 25.1 Å². The molecule has 1 N–H and O–H groups in total. The maximum Gasteiger partial charge on any atom is 0.389 e. The zero-order chi connectivity index (χ0) is 15.0. The molecule has 0 heterocycles. The molecule has 1 rings (SSSR count). The van der Waals surface area contributed by atoms with E-state index in [1.54, 1.807) is 18.2 Å². The minimum atomic E-state index is -4.10. The normalized spacial score (nSPS) is 11.2. The molecule has 114 valence electrons. The lowest BCUT2D eigenvalue weighted by molar-refractivity contribution is -0.134. The Hall–Kier alpha value is -1.59. The first-order valence-corrected chi connectivity index (χ1v) is 6.66. The molecule has 0 aliphatic heterocycles. The summed E-state index contributed by atoms with van der Waals surface area (Å²) in [5, 5.41) is 2.95. The fourth-order valence-corrected chi connectivity index (χ4v) is 1.68. The van der Waals surface area contributed by atoms with Crippen molar-refractivity contribution in [1.29, 1.82) is 0 Å². The van der Waals surface area contributed by atoms with Crippen LogP contribution in [0.1, 0.15) is 26.7 Å². The first-order valence-electron chi connectivity index (χ1n) is 6.66. The van der Waals surface area contributed by atoms with Gasteiger partial charge in [0.15, 0.2) is 11.5 Å². The zero-order valence-electron chi connectivity index (χ0n) is 11.7. The van der Waals surface area contributed by atoms with Crippen LogP contribution in [0, 0.1) is 0 Å². The van der Waals surface area contributed by atoms with Crippen LogP contribution in [-0.2, 0) is 0 Å². The van der Waals surface area contributed by atoms with Crippen LogP contribution in [0.5, 0.6) is 11.5 Å². The number of hydrogen-bond acceptors (Lipinski definition) is 3. The van der Waals surface area contributed by atoms with E-state index >= 15 is 0 Å². The van der Waals surface area contributed by atoms with Gasteiger partial charge in [-0.1, -0.05) is 0 Å². The van der Waals surface area contributed by atoms with Gasteiger partial charge in [0.05, 0.1) is 13.2 Å². The Balaban J connectivity index is 2.56. The second-order valence-electron chi connectivity index (χ2n) is 4.17. The predicted octanol–water partition coefficient (Wildman–Crippen LogP) is 4.24. The molecule has 0 fully saturated rings. The van der Waals surface area contributed by atoms with Gasteiger partial charge < -0.3 is 14.8 Å². The highest BCUT2D eigenvalue weighted by molar-refractivity contribution is 5.54. The molecule has 3 nitrogen and oxygen atoms in total. The van der Waals surface area contributed by atoms with Crippen molar-refractivity contribution in [3.8, 4) is 11.5 Å². The van der Waals surface area contributed by atoms with Crippen LogP contribution in [0.3, 0.4) is 0 Å². The molecule has 0 saturated carbocycles. The lowest BCUT2D eigenvalue weighted by Gasteiger charge is -2.13. The van der Waals surface area contributed by atoms with Crippen molar-refractivity contribution >= 4 is 5.69 Å². The smallest absolute Gasteiger partial charge is 0.389 e. The van der Waals surface area contributed by atoms with Crippen molar-refractivity contribution in [2.45, 2.75) is 32.9 Å². The molecule has 1 aromatic rings. The van der Waals surface area contributed by atoms with Crippen molar-refractivity contribution in [2.24, 2.45) is 0 Å². The monoisotopic (exact) mass is 291 g/mol. The largest absolute Gasteiger partial charge is 0.490 e. The minimum Gasteiger partial charge on any atom is -0.490 e. The van der Waals surface area contributed by atoms with E-state index in [0.717, 1.165) is 5.69 Å². The average Bonchev–Trinajstić information content (AvgIpc) is 2.37. The highest BCUT2D eigenvalue weighted by Gasteiger charge is 2.25. The molecule has 1 aromatic carbocycles. The summed E-state index contributed by atoms with van der Waals surface area (Å²) in [5.41, 5.74) is 0.721. The van der Waals surface area contributed by atoms with Crippen molar-refractivity contribution in [3.05, 3.63) is 18.2 Å². The van der Waals surface area contributed by atoms with Gasteiger partial charge in [0, 0.05) is 24.7 Å². The number of anilines is 1. The van der Waals surface area contributed by atoms with E-state index in [1.807, 2.05) is 13.8 Å². The fraction of sp³-hybridized carbons (Fsp3) is 0.571. The number of ether oxygens (including phenoxy) is 2. The van der Waals surface area contributed by atoms with Crippen molar-refractivity contribution in [1.82, 2.24) is 0 Å². The third-order valence-corrected chi connectivity index (χ3v) is 2.51. The summed E-state index contributed by atoms with van der Waals surface area (Å²) in [6.45, 7) is 5.02. The van der Waals surface area contributed by atoms with Gasteiger partial charge in [0.25, 0.3) is 0 Å². The Morgan fingerprint density at radius 3 is 2.30 bits per heavy atom. The summed E-state index contributed by atoms with van der Waals surface area (Å²) in [5.74, 6) is 1.23. The van der Waals surface area contributed by atoms with Gasteiger partial charge in [0.2, 0.25) is 0 Å². The second-order valence-corrected chi connectivity index (χ2v) is 4.17. The van der Waals surface area contributed by atoms with Gasteiger partial charge in [-0.15, -0.1) is 0 Å². The van der Waals surface area contributed by atoms with Gasteiger partial charge in [-0.25, -0.2) is 0 Å². The summed E-state index contributed by atoms with van der Waals surface area (Å²) in [6.07, 6.45) is -4.84. The number of halogens is 3. The molecule has 20 heavy (non-hydrogen) atoms. The summed E-state index contributed by atoms with van der Waals surface area (Å²) in [6, 6.07) is 5.25. The summed E-state index contributed by atoms with van der Waals surface area (Å²) < 4.78 is 46.9. The Morgan fingerprint density at radius 2 is 1.70 bits per heavy atom. The van der Waals surface area contributed by atoms with Gasteiger partial charge in [-0.05, 0) is 32.4 Å². The van der Waals surface area contributed by atoms with E-state index in [2.05, 4.69) is 5.32 Å². The maximum absolute atomic E-state index is 12.0. The van der Waals surface area contributed by atoms with Crippen molar-refractivity contribution in [3.63, 3.8) is 0 Å². The molecule has 0 aliphatic carbocycles. The molecule has 0 unspecified atom stereocenters. The van der Waals surface area contributed by atoms with Crippen LogP contribution in [0.15, 0.2) is 18.2 Å². The number of benzene rings is 1. The second kappa shape index (κ2) is 7.87. The molecule has 0 spiro atoms. The Labute approximate surface area is 117 Å². The van der Waals surface area contributed by atoms with Crippen LogP contribution in [0.4, 0.5) is 18.9 Å². The van der Waals surface area contributed by atoms with Gasteiger partial charge >= 0.3 is 6.18 Å². The quantitative estimate of drug-likeness (QED) is 0.727. The molecule has 0 aromatic heterocycles. The molecule has 0 saturated heterocycles. The topological polar surface area (TPSA) is 30.5 Å². The highest BCUT2D eigenvalue weighted by atomic mass is 19.4. The fourth-order valence-electron chi connectivity index (χ4n) is 1.68. The van der Waals surface area contributed by atoms with Crippen LogP contribution in [-0.4, -0.2) is 25.9 Å². The first kappa shape index (κ1) is 16.5. The van der Waals surface area contributed by atoms with E-state index in [1.165, 1.54) is 0 Å². The molecule has 0 amide bonds. The Bertz CT molecular complexity index is 408. The number of rotatable bonds is 8. The summed E-state index contributed by atoms with van der Waals surface area (Å²) in [4.78, 5) is 0. The Morgan fingerprint density at radius 1 is 1.05 bits per heavy atom. The Kier molecular flexibility index (Phi) is 6.48. The van der Waals surface area contributed by atoms with E-state index in [0.29, 0.717) is 24.7 Å². The predicted molar refractivity (Wildman–Crippen MR) is 72.6 cm³/mol. The van der Waals surface area contributed by atoms with E-state index in [-0.39, 0.29) is 13.0 Å². The number of hydrogen-bond donors (Lipinski definition) is 1. The number of alkyl halides is 3. The SMILES string of the molecule is CCOc1ccc(NCCCC(F)(F)F)cc1OCC. The molecular formula is C14H20F3NO2. The molecular weight excluding hydrogens is 271 g/mol. The standard InChI is InChI=1S/C14H20F3NO2/c1-3-19-12-7-6-11(10-13(12)20-4-2)18-9-5-8-14(15,16)17/h6-7,10,18H,3-5,8-9H2,1-2H3. The summed E-state index contributed by atoms with van der Waals surface area (Å²) in [7, 11) is 0. The van der Waals surface area contributed by atoms with Crippen LogP contribution in [0.25, 0.3) is 0 Å². The van der Waals surface area contributed by atoms with E-state index < -0.39 is 12.6 Å². The van der Waals surface area contributed by atoms with Gasteiger partial charge in [0.1, 0.15) is 0 Å². The van der Waals surface area contributed by atoms with Gasteiger partial charge in [-0.3, -0.25) is 0 Å². The molecule has 6 heteroatoms. The molecule has 0 aliphatic rings. The summed E-state index contributed by atoms with van der Waals surface area (Å²) >= 11 is 0. The molecule has 0 atom stereocenters. The average molecular weight is 291 g/mol. The van der Waals surface area contributed by atoms with Crippen LogP contribution in [0.2, 0.25) is 0 Å². The van der Waals surface area contributed by atoms with Gasteiger partial charge in [-0.2, -0.15) is 13.2 Å². The van der Waals surface area contributed by atoms with E-state index in [4.69, 9.17) is 9.47 Å². The van der Waals surface area contributed by atoms with Crippen LogP contribution < -0.4 is 14.8 Å². The maximum atomic E-state index is 12.0. The van der Waals surface area contributed by atoms with Crippen molar-refractivity contribution < 1.29 is 22.6 Å². The number of nitrogens with one attached hydrogen (secondary N) is 1. The minimum absolute atomic E-state index is 0.0423. The third kappa shape index (κ3) is 6.04. The van der Waals surface area contributed by atoms with E-state index in [9.17, 15) is 13.2 Å². The molecule has 0 radical (unpaired) electrons. The first-order chi connectivity index (χ1) is 9.46. The molecule has 0 bridgehead atoms.